The van der Waals surface area contributed by atoms with E-state index in [0.29, 0.717) is 24.0 Å². The van der Waals surface area contributed by atoms with Crippen LogP contribution in [0.5, 0.6) is 0 Å². The molecular weight excluding hydrogens is 260 g/mol. The Morgan fingerprint density at radius 2 is 2.14 bits per heavy atom. The molecule has 1 saturated carbocycles. The highest BCUT2D eigenvalue weighted by Crippen LogP contribution is 2.39. The summed E-state index contributed by atoms with van der Waals surface area (Å²) < 4.78 is 0. The summed E-state index contributed by atoms with van der Waals surface area (Å²) in [6, 6.07) is 8.42. The topological polar surface area (TPSA) is 53.3 Å². The van der Waals surface area contributed by atoms with Gasteiger partial charge in [-0.15, -0.1) is 0 Å². The largest absolute Gasteiger partial charge is 0.374 e. The molecule has 4 unspecified atom stereocenters. The van der Waals surface area contributed by atoms with E-state index in [2.05, 4.69) is 41.0 Å². The van der Waals surface area contributed by atoms with Gasteiger partial charge in [0.15, 0.2) is 0 Å². The Morgan fingerprint density at radius 3 is 3.05 bits per heavy atom. The molecular formula is C17H26N4. The van der Waals surface area contributed by atoms with Gasteiger partial charge < -0.3 is 10.6 Å². The monoisotopic (exact) mass is 286 g/mol. The molecule has 114 valence electrons. The molecule has 0 radical (unpaired) electrons. The molecule has 0 amide bonds. The molecule has 3 aliphatic rings. The molecule has 2 heterocycles. The van der Waals surface area contributed by atoms with Gasteiger partial charge in [0.1, 0.15) is 0 Å². The maximum absolute atomic E-state index is 6.20. The van der Waals surface area contributed by atoms with Crippen LogP contribution in [-0.2, 0) is 6.42 Å². The number of nitrogens with two attached hydrogens (primary N) is 1. The summed E-state index contributed by atoms with van der Waals surface area (Å²) >= 11 is 0. The standard InChI is InChI=1S/C17H26N4/c1-21-8-2-3-11-9-12(4-7-16(11)21)17-14-10-13(18)5-6-15(14)19-20-17/h4,7,9,13-15,17,19-20H,2-3,5-6,8,10,18H2,1H3. The summed E-state index contributed by atoms with van der Waals surface area (Å²) in [7, 11) is 2.20. The van der Waals surface area contributed by atoms with Crippen LogP contribution in [-0.4, -0.2) is 25.7 Å². The van der Waals surface area contributed by atoms with Gasteiger partial charge in [-0.1, -0.05) is 12.1 Å². The highest BCUT2D eigenvalue weighted by Gasteiger charge is 2.40. The Kier molecular flexibility index (Phi) is 3.40. The van der Waals surface area contributed by atoms with Crippen molar-refractivity contribution in [1.29, 1.82) is 0 Å². The maximum atomic E-state index is 6.20. The zero-order chi connectivity index (χ0) is 14.4. The fraction of sp³-hybridized carbons (Fsp3) is 0.647. The predicted molar refractivity (Wildman–Crippen MR) is 86.1 cm³/mol. The lowest BCUT2D eigenvalue weighted by molar-refractivity contribution is 0.279. The van der Waals surface area contributed by atoms with E-state index >= 15 is 0 Å². The van der Waals surface area contributed by atoms with Crippen molar-refractivity contribution in [2.75, 3.05) is 18.5 Å². The van der Waals surface area contributed by atoms with Crippen molar-refractivity contribution in [3.8, 4) is 0 Å². The van der Waals surface area contributed by atoms with Crippen molar-refractivity contribution in [2.24, 2.45) is 11.7 Å². The second-order valence-electron chi connectivity index (χ2n) is 7.02. The second-order valence-corrected chi connectivity index (χ2v) is 7.02. The quantitative estimate of drug-likeness (QED) is 0.736. The Hall–Kier alpha value is -1.10. The number of benzene rings is 1. The minimum Gasteiger partial charge on any atom is -0.374 e. The molecule has 1 saturated heterocycles. The lowest BCUT2D eigenvalue weighted by Crippen LogP contribution is -2.39. The van der Waals surface area contributed by atoms with Crippen molar-refractivity contribution < 1.29 is 0 Å². The summed E-state index contributed by atoms with van der Waals surface area (Å²) in [5.74, 6) is 0.633. The average Bonchev–Trinajstić information content (AvgIpc) is 2.90. The number of aryl methyl sites for hydroxylation is 1. The first-order valence-electron chi connectivity index (χ1n) is 8.33. The first-order valence-corrected chi connectivity index (χ1v) is 8.33. The third kappa shape index (κ3) is 2.35. The minimum atomic E-state index is 0.374. The molecule has 1 aliphatic carbocycles. The summed E-state index contributed by atoms with van der Waals surface area (Å²) in [4.78, 5) is 2.38. The van der Waals surface area contributed by atoms with Gasteiger partial charge in [-0.25, -0.2) is 5.43 Å². The van der Waals surface area contributed by atoms with Gasteiger partial charge in [-0.05, 0) is 55.2 Å². The van der Waals surface area contributed by atoms with Crippen LogP contribution in [0.2, 0.25) is 0 Å². The van der Waals surface area contributed by atoms with E-state index in [1.54, 1.807) is 0 Å². The molecule has 0 bridgehead atoms. The van der Waals surface area contributed by atoms with Crippen LogP contribution in [0.15, 0.2) is 18.2 Å². The normalized spacial score (nSPS) is 35.4. The van der Waals surface area contributed by atoms with Gasteiger partial charge in [0.05, 0.1) is 6.04 Å². The van der Waals surface area contributed by atoms with Gasteiger partial charge in [-0.3, -0.25) is 5.43 Å². The highest BCUT2D eigenvalue weighted by molar-refractivity contribution is 5.56. The Bertz CT molecular complexity index is 530. The van der Waals surface area contributed by atoms with Crippen LogP contribution in [0, 0.1) is 5.92 Å². The lowest BCUT2D eigenvalue weighted by atomic mass is 9.77. The number of hydrazine groups is 1. The van der Waals surface area contributed by atoms with Crippen molar-refractivity contribution >= 4 is 5.69 Å². The van der Waals surface area contributed by atoms with Crippen LogP contribution in [0.25, 0.3) is 0 Å². The fourth-order valence-corrected chi connectivity index (χ4v) is 4.42. The number of rotatable bonds is 1. The summed E-state index contributed by atoms with van der Waals surface area (Å²) in [5, 5.41) is 0. The Balaban J connectivity index is 1.61. The molecule has 1 aromatic carbocycles. The minimum absolute atomic E-state index is 0.374. The molecule has 0 aromatic heterocycles. The number of fused-ring (bicyclic) bond motifs is 2. The SMILES string of the molecule is CN1CCCc2cc(C3NNC4CCC(N)CC43)ccc21. The van der Waals surface area contributed by atoms with Crippen LogP contribution in [0.3, 0.4) is 0 Å². The molecule has 4 nitrogen and oxygen atoms in total. The van der Waals surface area contributed by atoms with E-state index < -0.39 is 0 Å². The van der Waals surface area contributed by atoms with E-state index in [9.17, 15) is 0 Å². The van der Waals surface area contributed by atoms with E-state index in [-0.39, 0.29) is 0 Å². The predicted octanol–water partition coefficient (Wildman–Crippen LogP) is 1.71. The third-order valence-electron chi connectivity index (χ3n) is 5.61. The van der Waals surface area contributed by atoms with Crippen LogP contribution >= 0.6 is 0 Å². The van der Waals surface area contributed by atoms with Crippen molar-refractivity contribution in [3.63, 3.8) is 0 Å². The maximum Gasteiger partial charge on any atom is 0.0506 e. The zero-order valence-corrected chi connectivity index (χ0v) is 12.8. The van der Waals surface area contributed by atoms with Crippen molar-refractivity contribution in [1.82, 2.24) is 10.9 Å². The Morgan fingerprint density at radius 1 is 1.24 bits per heavy atom. The molecule has 4 rings (SSSR count). The summed E-state index contributed by atoms with van der Waals surface area (Å²) in [5.41, 5.74) is 17.6. The average molecular weight is 286 g/mol. The van der Waals surface area contributed by atoms with Crippen molar-refractivity contribution in [3.05, 3.63) is 29.3 Å². The number of hydrogen-bond donors (Lipinski definition) is 3. The highest BCUT2D eigenvalue weighted by atomic mass is 15.4. The smallest absolute Gasteiger partial charge is 0.0506 e. The number of hydrogen-bond acceptors (Lipinski definition) is 4. The number of nitrogens with one attached hydrogen (secondary N) is 2. The Labute approximate surface area is 127 Å². The zero-order valence-electron chi connectivity index (χ0n) is 12.8. The van der Waals surface area contributed by atoms with Gasteiger partial charge >= 0.3 is 0 Å². The van der Waals surface area contributed by atoms with Gasteiger partial charge in [0.25, 0.3) is 0 Å². The van der Waals surface area contributed by atoms with E-state index in [0.717, 1.165) is 12.8 Å². The fourth-order valence-electron chi connectivity index (χ4n) is 4.42. The van der Waals surface area contributed by atoms with Crippen LogP contribution in [0.1, 0.15) is 42.9 Å². The van der Waals surface area contributed by atoms with E-state index in [1.165, 1.54) is 42.6 Å². The van der Waals surface area contributed by atoms with Crippen LogP contribution in [0.4, 0.5) is 5.69 Å². The molecule has 0 spiro atoms. The van der Waals surface area contributed by atoms with Gasteiger partial charge in [-0.2, -0.15) is 0 Å². The molecule has 4 atom stereocenters. The van der Waals surface area contributed by atoms with E-state index in [4.69, 9.17) is 5.73 Å². The molecule has 2 aliphatic heterocycles. The van der Waals surface area contributed by atoms with Crippen molar-refractivity contribution in [2.45, 2.75) is 50.2 Å². The van der Waals surface area contributed by atoms with Crippen LogP contribution < -0.4 is 21.5 Å². The van der Waals surface area contributed by atoms with Gasteiger partial charge in [0, 0.05) is 31.4 Å². The number of anilines is 1. The van der Waals surface area contributed by atoms with Gasteiger partial charge in [0.2, 0.25) is 0 Å². The summed E-state index contributed by atoms with van der Waals surface area (Å²) in [6.07, 6.45) is 5.95. The molecule has 1 aromatic rings. The second kappa shape index (κ2) is 5.27. The molecule has 4 N–H and O–H groups in total. The number of nitrogens with zero attached hydrogens (tertiary/aromatic N) is 1. The summed E-state index contributed by atoms with van der Waals surface area (Å²) in [6.45, 7) is 1.18. The first kappa shape index (κ1) is 13.6. The lowest BCUT2D eigenvalue weighted by Gasteiger charge is -2.32. The van der Waals surface area contributed by atoms with E-state index in [1.807, 2.05) is 0 Å². The first-order chi connectivity index (χ1) is 10.2. The molecule has 21 heavy (non-hydrogen) atoms. The third-order valence-corrected chi connectivity index (χ3v) is 5.61. The molecule has 2 fully saturated rings. The molecule has 4 heteroatoms.